The van der Waals surface area contributed by atoms with Gasteiger partial charge in [-0.3, -0.25) is 4.79 Å². The Labute approximate surface area is 160 Å². The van der Waals surface area contributed by atoms with Gasteiger partial charge in [-0.1, -0.05) is 41.6 Å². The average molecular weight is 391 g/mol. The summed E-state index contributed by atoms with van der Waals surface area (Å²) < 4.78 is 7.23. The van der Waals surface area contributed by atoms with E-state index in [1.165, 1.54) is 11.8 Å². The quantitative estimate of drug-likeness (QED) is 0.485. The zero-order chi connectivity index (χ0) is 18.8. The molecule has 0 aliphatic rings. The summed E-state index contributed by atoms with van der Waals surface area (Å²) in [5.74, 6) is 0.195. The third-order valence-electron chi connectivity index (χ3n) is 4.18. The van der Waals surface area contributed by atoms with Gasteiger partial charge in [0.25, 0.3) is 5.78 Å². The SMILES string of the molecule is CSc1nc2nc(C)c(CC(=O)O[C@H](C)c3ccccc3Cl)c(C)n2n1. The first-order chi connectivity index (χ1) is 12.4. The molecule has 1 aromatic carbocycles. The van der Waals surface area contributed by atoms with Crippen LogP contribution in [0.5, 0.6) is 0 Å². The van der Waals surface area contributed by atoms with Crippen molar-refractivity contribution >= 4 is 35.1 Å². The number of ether oxygens (including phenoxy) is 1. The number of aryl methyl sites for hydroxylation is 2. The molecule has 0 bridgehead atoms. The highest BCUT2D eigenvalue weighted by Crippen LogP contribution is 2.26. The molecular weight excluding hydrogens is 372 g/mol. The standard InChI is InChI=1S/C18H19ClN4O2S/c1-10-14(11(2)23-17(20-10)21-18(22-23)26-4)9-16(24)25-12(3)13-7-5-6-8-15(13)19/h5-8,12H,9H2,1-4H3/t12-/m1/s1. The Hall–Kier alpha value is -2.12. The molecule has 8 heteroatoms. The van der Waals surface area contributed by atoms with Gasteiger partial charge in [0.15, 0.2) is 0 Å². The molecule has 0 fully saturated rings. The Morgan fingerprint density at radius 1 is 1.31 bits per heavy atom. The van der Waals surface area contributed by atoms with E-state index in [0.29, 0.717) is 16.0 Å². The number of fused-ring (bicyclic) bond motifs is 1. The Morgan fingerprint density at radius 3 is 2.73 bits per heavy atom. The number of halogens is 1. The lowest BCUT2D eigenvalue weighted by molar-refractivity contribution is -0.147. The molecule has 1 atom stereocenters. The number of nitrogens with zero attached hydrogens (tertiary/aromatic N) is 4. The minimum absolute atomic E-state index is 0.115. The maximum atomic E-state index is 12.5. The first-order valence-electron chi connectivity index (χ1n) is 8.11. The number of aromatic nitrogens is 4. The van der Waals surface area contributed by atoms with Crippen molar-refractivity contribution < 1.29 is 9.53 Å². The van der Waals surface area contributed by atoms with Crippen LogP contribution >= 0.6 is 23.4 Å². The Morgan fingerprint density at radius 2 is 2.04 bits per heavy atom. The van der Waals surface area contributed by atoms with E-state index in [9.17, 15) is 4.79 Å². The van der Waals surface area contributed by atoms with Gasteiger partial charge < -0.3 is 4.74 Å². The number of hydrogen-bond donors (Lipinski definition) is 0. The van der Waals surface area contributed by atoms with Crippen LogP contribution < -0.4 is 0 Å². The molecule has 136 valence electrons. The number of esters is 1. The van der Waals surface area contributed by atoms with Gasteiger partial charge in [-0.15, -0.1) is 5.10 Å². The maximum Gasteiger partial charge on any atom is 0.310 e. The van der Waals surface area contributed by atoms with Crippen molar-refractivity contribution in [3.8, 4) is 0 Å². The molecule has 0 unspecified atom stereocenters. The van der Waals surface area contributed by atoms with Crippen LogP contribution in [0.1, 0.15) is 35.5 Å². The van der Waals surface area contributed by atoms with E-state index in [4.69, 9.17) is 16.3 Å². The first kappa shape index (κ1) is 18.7. The fourth-order valence-electron chi connectivity index (χ4n) is 2.78. The second-order valence-electron chi connectivity index (χ2n) is 5.90. The molecule has 0 aliphatic heterocycles. The van der Waals surface area contributed by atoms with Crippen LogP contribution in [0.2, 0.25) is 5.02 Å². The minimum atomic E-state index is -0.428. The number of rotatable bonds is 5. The van der Waals surface area contributed by atoms with Crippen molar-refractivity contribution in [3.63, 3.8) is 0 Å². The minimum Gasteiger partial charge on any atom is -0.457 e. The molecular formula is C18H19ClN4O2S. The summed E-state index contributed by atoms with van der Waals surface area (Å²) in [6.45, 7) is 5.57. The van der Waals surface area contributed by atoms with E-state index < -0.39 is 6.10 Å². The predicted octanol–water partition coefficient (Wildman–Crippen LogP) is 3.96. The Bertz CT molecular complexity index is 973. The van der Waals surface area contributed by atoms with Gasteiger partial charge >= 0.3 is 5.97 Å². The van der Waals surface area contributed by atoms with Gasteiger partial charge in [-0.05, 0) is 33.1 Å². The zero-order valence-electron chi connectivity index (χ0n) is 15.0. The number of benzene rings is 1. The average Bonchev–Trinajstić information content (AvgIpc) is 3.02. The first-order valence-corrected chi connectivity index (χ1v) is 9.71. The molecule has 0 saturated carbocycles. The van der Waals surface area contributed by atoms with Crippen LogP contribution in [0, 0.1) is 13.8 Å². The van der Waals surface area contributed by atoms with Gasteiger partial charge in [0.2, 0.25) is 5.16 Å². The highest BCUT2D eigenvalue weighted by molar-refractivity contribution is 7.98. The van der Waals surface area contributed by atoms with Gasteiger partial charge in [0.1, 0.15) is 6.10 Å². The molecule has 3 rings (SSSR count). The molecule has 0 aliphatic carbocycles. The van der Waals surface area contributed by atoms with Crippen molar-refractivity contribution in [1.82, 2.24) is 19.6 Å². The molecule has 3 aromatic rings. The predicted molar refractivity (Wildman–Crippen MR) is 102 cm³/mol. The highest BCUT2D eigenvalue weighted by Gasteiger charge is 2.19. The summed E-state index contributed by atoms with van der Waals surface area (Å²) in [6.07, 6.45) is 1.60. The van der Waals surface area contributed by atoms with Crippen LogP contribution in [0.25, 0.3) is 5.78 Å². The molecule has 0 saturated heterocycles. The van der Waals surface area contributed by atoms with Crippen molar-refractivity contribution in [2.24, 2.45) is 0 Å². The molecule has 0 N–H and O–H groups in total. The summed E-state index contributed by atoms with van der Waals surface area (Å²) >= 11 is 7.62. The molecule has 0 amide bonds. The summed E-state index contributed by atoms with van der Waals surface area (Å²) in [5.41, 5.74) is 3.16. The van der Waals surface area contributed by atoms with Crippen LogP contribution in [-0.2, 0) is 16.0 Å². The lowest BCUT2D eigenvalue weighted by Gasteiger charge is -2.16. The lowest BCUT2D eigenvalue weighted by Crippen LogP contribution is -2.15. The summed E-state index contributed by atoms with van der Waals surface area (Å²) in [4.78, 5) is 21.3. The normalized spacial score (nSPS) is 12.3. The number of hydrogen-bond acceptors (Lipinski definition) is 6. The van der Waals surface area contributed by atoms with Crippen LogP contribution in [0.15, 0.2) is 29.4 Å². The van der Waals surface area contributed by atoms with Crippen molar-refractivity contribution in [2.75, 3.05) is 6.26 Å². The third kappa shape index (κ3) is 3.68. The van der Waals surface area contributed by atoms with E-state index in [0.717, 1.165) is 22.5 Å². The second kappa shape index (κ2) is 7.63. The van der Waals surface area contributed by atoms with Crippen molar-refractivity contribution in [2.45, 2.75) is 38.5 Å². The van der Waals surface area contributed by atoms with Crippen molar-refractivity contribution in [3.05, 3.63) is 51.8 Å². The lowest BCUT2D eigenvalue weighted by atomic mass is 10.1. The van der Waals surface area contributed by atoms with E-state index >= 15 is 0 Å². The van der Waals surface area contributed by atoms with Gasteiger partial charge in [-0.25, -0.2) is 9.50 Å². The van der Waals surface area contributed by atoms with E-state index in [1.807, 2.05) is 45.2 Å². The smallest absolute Gasteiger partial charge is 0.310 e. The number of carbonyl (C=O) groups excluding carboxylic acids is 1. The number of thioether (sulfide) groups is 1. The zero-order valence-corrected chi connectivity index (χ0v) is 16.6. The van der Waals surface area contributed by atoms with E-state index in [-0.39, 0.29) is 12.4 Å². The topological polar surface area (TPSA) is 69.4 Å². The van der Waals surface area contributed by atoms with Crippen LogP contribution in [0.3, 0.4) is 0 Å². The summed E-state index contributed by atoms with van der Waals surface area (Å²) in [5, 5.41) is 5.62. The summed E-state index contributed by atoms with van der Waals surface area (Å²) in [6, 6.07) is 7.34. The van der Waals surface area contributed by atoms with Crippen LogP contribution in [0.4, 0.5) is 0 Å². The van der Waals surface area contributed by atoms with Gasteiger partial charge in [0.05, 0.1) is 6.42 Å². The fourth-order valence-corrected chi connectivity index (χ4v) is 3.41. The monoisotopic (exact) mass is 390 g/mol. The molecule has 6 nitrogen and oxygen atoms in total. The molecule has 2 aromatic heterocycles. The Balaban J connectivity index is 1.82. The van der Waals surface area contributed by atoms with Gasteiger partial charge in [-0.2, -0.15) is 4.98 Å². The third-order valence-corrected chi connectivity index (χ3v) is 5.07. The molecule has 0 spiro atoms. The highest BCUT2D eigenvalue weighted by atomic mass is 35.5. The second-order valence-corrected chi connectivity index (χ2v) is 7.08. The summed E-state index contributed by atoms with van der Waals surface area (Å²) in [7, 11) is 0. The Kier molecular flexibility index (Phi) is 5.48. The van der Waals surface area contributed by atoms with E-state index in [2.05, 4.69) is 15.1 Å². The van der Waals surface area contributed by atoms with Crippen LogP contribution in [-0.4, -0.2) is 31.8 Å². The molecule has 26 heavy (non-hydrogen) atoms. The van der Waals surface area contributed by atoms with Gasteiger partial charge in [0, 0.05) is 27.5 Å². The largest absolute Gasteiger partial charge is 0.457 e. The maximum absolute atomic E-state index is 12.5. The fraction of sp³-hybridized carbons (Fsp3) is 0.333. The number of carbonyl (C=O) groups is 1. The van der Waals surface area contributed by atoms with Crippen molar-refractivity contribution in [1.29, 1.82) is 0 Å². The molecule has 0 radical (unpaired) electrons. The molecule has 2 heterocycles. The van der Waals surface area contributed by atoms with E-state index in [1.54, 1.807) is 10.6 Å².